The molecule has 0 bridgehead atoms. The Morgan fingerprint density at radius 3 is 2.41 bits per heavy atom. The Kier molecular flexibility index (Phi) is 4.47. The zero-order valence-corrected chi connectivity index (χ0v) is 11.3. The lowest BCUT2D eigenvalue weighted by Gasteiger charge is -2.09. The molecular weight excluding hydrogens is 293 g/mol. The van der Waals surface area contributed by atoms with E-state index in [0.717, 1.165) is 12.1 Å². The number of nitriles is 1. The van der Waals surface area contributed by atoms with E-state index >= 15 is 0 Å². The standard InChI is InChI=1S/C16H11F3N2O/c17-16(18,19)14-6-4-11(5-7-14)10-21-15(22)13-3-1-2-12(8-13)9-20/h1-8H,10H2,(H,21,22). The Hall–Kier alpha value is -2.81. The van der Waals surface area contributed by atoms with Gasteiger partial charge in [-0.05, 0) is 35.9 Å². The summed E-state index contributed by atoms with van der Waals surface area (Å²) in [4.78, 5) is 11.9. The highest BCUT2D eigenvalue weighted by molar-refractivity contribution is 5.94. The number of nitrogens with one attached hydrogen (secondary N) is 1. The van der Waals surface area contributed by atoms with Crippen LogP contribution in [-0.2, 0) is 12.7 Å². The molecule has 0 saturated carbocycles. The maximum atomic E-state index is 12.4. The van der Waals surface area contributed by atoms with E-state index in [4.69, 9.17) is 5.26 Å². The summed E-state index contributed by atoms with van der Waals surface area (Å²) < 4.78 is 37.3. The highest BCUT2D eigenvalue weighted by Crippen LogP contribution is 2.29. The van der Waals surface area contributed by atoms with Crippen molar-refractivity contribution in [2.45, 2.75) is 12.7 Å². The zero-order valence-electron chi connectivity index (χ0n) is 11.3. The van der Waals surface area contributed by atoms with Crippen LogP contribution in [0.2, 0.25) is 0 Å². The fraction of sp³-hybridized carbons (Fsp3) is 0.125. The predicted molar refractivity (Wildman–Crippen MR) is 73.8 cm³/mol. The number of carbonyl (C=O) groups is 1. The van der Waals surface area contributed by atoms with E-state index in [1.54, 1.807) is 18.2 Å². The number of hydrogen-bond acceptors (Lipinski definition) is 2. The van der Waals surface area contributed by atoms with E-state index in [9.17, 15) is 18.0 Å². The van der Waals surface area contributed by atoms with Crippen LogP contribution < -0.4 is 5.32 Å². The van der Waals surface area contributed by atoms with Gasteiger partial charge in [0.1, 0.15) is 0 Å². The average Bonchev–Trinajstić information content (AvgIpc) is 2.52. The number of amides is 1. The molecular formula is C16H11F3N2O. The number of halogens is 3. The summed E-state index contributed by atoms with van der Waals surface area (Å²) >= 11 is 0. The van der Waals surface area contributed by atoms with Crippen molar-refractivity contribution in [3.05, 3.63) is 70.8 Å². The topological polar surface area (TPSA) is 52.9 Å². The first-order valence-electron chi connectivity index (χ1n) is 6.34. The average molecular weight is 304 g/mol. The number of benzene rings is 2. The van der Waals surface area contributed by atoms with Crippen molar-refractivity contribution < 1.29 is 18.0 Å². The van der Waals surface area contributed by atoms with Crippen molar-refractivity contribution in [1.82, 2.24) is 5.32 Å². The van der Waals surface area contributed by atoms with Crippen molar-refractivity contribution in [2.24, 2.45) is 0 Å². The molecule has 2 aromatic carbocycles. The number of rotatable bonds is 3. The minimum absolute atomic E-state index is 0.105. The molecule has 0 unspecified atom stereocenters. The number of carbonyl (C=O) groups excluding carboxylic acids is 1. The molecule has 1 amide bonds. The fourth-order valence-corrected chi connectivity index (χ4v) is 1.83. The van der Waals surface area contributed by atoms with Crippen molar-refractivity contribution in [1.29, 1.82) is 5.26 Å². The number of alkyl halides is 3. The normalized spacial score (nSPS) is 10.8. The zero-order chi connectivity index (χ0) is 16.2. The first-order chi connectivity index (χ1) is 10.4. The third-order valence-electron chi connectivity index (χ3n) is 2.99. The van der Waals surface area contributed by atoms with Crippen LogP contribution in [0.15, 0.2) is 48.5 Å². The first kappa shape index (κ1) is 15.6. The number of hydrogen-bond donors (Lipinski definition) is 1. The van der Waals surface area contributed by atoms with E-state index in [2.05, 4.69) is 5.32 Å². The molecule has 2 aromatic rings. The fourth-order valence-electron chi connectivity index (χ4n) is 1.83. The molecule has 0 radical (unpaired) electrons. The molecule has 0 aliphatic carbocycles. The molecule has 0 heterocycles. The van der Waals surface area contributed by atoms with Gasteiger partial charge in [-0.3, -0.25) is 4.79 Å². The summed E-state index contributed by atoms with van der Waals surface area (Å²) in [5.41, 5.74) is 0.509. The molecule has 112 valence electrons. The van der Waals surface area contributed by atoms with Crippen molar-refractivity contribution in [3.63, 3.8) is 0 Å². The largest absolute Gasteiger partial charge is 0.416 e. The van der Waals surface area contributed by atoms with E-state index in [1.807, 2.05) is 6.07 Å². The SMILES string of the molecule is N#Cc1cccc(C(=O)NCc2ccc(C(F)(F)F)cc2)c1. The summed E-state index contributed by atoms with van der Waals surface area (Å²) in [6, 6.07) is 12.7. The summed E-state index contributed by atoms with van der Waals surface area (Å²) in [7, 11) is 0. The van der Waals surface area contributed by atoms with Gasteiger partial charge in [-0.1, -0.05) is 18.2 Å². The molecule has 2 rings (SSSR count). The van der Waals surface area contributed by atoms with Crippen molar-refractivity contribution in [2.75, 3.05) is 0 Å². The van der Waals surface area contributed by atoms with E-state index in [0.29, 0.717) is 16.7 Å². The van der Waals surface area contributed by atoms with Gasteiger partial charge in [0.15, 0.2) is 0 Å². The van der Waals surface area contributed by atoms with Crippen LogP contribution >= 0.6 is 0 Å². The van der Waals surface area contributed by atoms with Gasteiger partial charge in [-0.15, -0.1) is 0 Å². The van der Waals surface area contributed by atoms with E-state index in [-0.39, 0.29) is 6.54 Å². The van der Waals surface area contributed by atoms with Gasteiger partial charge in [0.2, 0.25) is 0 Å². The van der Waals surface area contributed by atoms with Crippen molar-refractivity contribution in [3.8, 4) is 6.07 Å². The first-order valence-corrected chi connectivity index (χ1v) is 6.34. The molecule has 0 saturated heterocycles. The summed E-state index contributed by atoms with van der Waals surface area (Å²) in [5, 5.41) is 11.4. The Morgan fingerprint density at radius 1 is 1.14 bits per heavy atom. The molecule has 0 aromatic heterocycles. The summed E-state index contributed by atoms with van der Waals surface area (Å²) in [6.07, 6.45) is -4.38. The van der Waals surface area contributed by atoms with Gasteiger partial charge in [0.25, 0.3) is 5.91 Å². The van der Waals surface area contributed by atoms with Gasteiger partial charge in [0, 0.05) is 12.1 Å². The Labute approximate surface area is 125 Å². The second kappa shape index (κ2) is 6.31. The molecule has 0 atom stereocenters. The molecule has 3 nitrogen and oxygen atoms in total. The second-order valence-corrected chi connectivity index (χ2v) is 4.57. The monoisotopic (exact) mass is 304 g/mol. The predicted octanol–water partition coefficient (Wildman–Crippen LogP) is 3.51. The van der Waals surface area contributed by atoms with Crippen molar-refractivity contribution >= 4 is 5.91 Å². The number of nitrogens with zero attached hydrogens (tertiary/aromatic N) is 1. The molecule has 0 aliphatic heterocycles. The smallest absolute Gasteiger partial charge is 0.348 e. The van der Waals surface area contributed by atoms with Crippen LogP contribution in [0.25, 0.3) is 0 Å². The Balaban J connectivity index is 2.00. The maximum Gasteiger partial charge on any atom is 0.416 e. The van der Waals surface area contributed by atoms with E-state index in [1.165, 1.54) is 18.2 Å². The van der Waals surface area contributed by atoms with Crippen LogP contribution in [0.5, 0.6) is 0 Å². The molecule has 0 fully saturated rings. The highest BCUT2D eigenvalue weighted by atomic mass is 19.4. The van der Waals surface area contributed by atoms with Crippen LogP contribution in [0.4, 0.5) is 13.2 Å². The molecule has 0 aliphatic rings. The minimum atomic E-state index is -4.38. The molecule has 22 heavy (non-hydrogen) atoms. The van der Waals surface area contributed by atoms with Gasteiger partial charge in [-0.2, -0.15) is 18.4 Å². The maximum absolute atomic E-state index is 12.4. The third kappa shape index (κ3) is 3.85. The van der Waals surface area contributed by atoms with Crippen LogP contribution in [0, 0.1) is 11.3 Å². The molecule has 6 heteroatoms. The summed E-state index contributed by atoms with van der Waals surface area (Å²) in [6.45, 7) is 0.105. The van der Waals surface area contributed by atoms with Gasteiger partial charge >= 0.3 is 6.18 Å². The minimum Gasteiger partial charge on any atom is -0.348 e. The lowest BCUT2D eigenvalue weighted by molar-refractivity contribution is -0.137. The Morgan fingerprint density at radius 2 is 1.82 bits per heavy atom. The van der Waals surface area contributed by atoms with Crippen LogP contribution in [0.3, 0.4) is 0 Å². The highest BCUT2D eigenvalue weighted by Gasteiger charge is 2.29. The lowest BCUT2D eigenvalue weighted by atomic mass is 10.1. The van der Waals surface area contributed by atoms with Crippen LogP contribution in [0.1, 0.15) is 27.0 Å². The molecule has 0 spiro atoms. The third-order valence-corrected chi connectivity index (χ3v) is 2.99. The van der Waals surface area contributed by atoms with Gasteiger partial charge in [0.05, 0.1) is 17.2 Å². The lowest BCUT2D eigenvalue weighted by Crippen LogP contribution is -2.22. The van der Waals surface area contributed by atoms with Gasteiger partial charge in [-0.25, -0.2) is 0 Å². The quantitative estimate of drug-likeness (QED) is 0.943. The second-order valence-electron chi connectivity index (χ2n) is 4.57. The molecule has 1 N–H and O–H groups in total. The van der Waals surface area contributed by atoms with E-state index < -0.39 is 17.6 Å². The van der Waals surface area contributed by atoms with Gasteiger partial charge < -0.3 is 5.32 Å². The Bertz CT molecular complexity index is 715. The summed E-state index contributed by atoms with van der Waals surface area (Å²) in [5.74, 6) is -0.392. The van der Waals surface area contributed by atoms with Crippen LogP contribution in [-0.4, -0.2) is 5.91 Å².